The van der Waals surface area contributed by atoms with Crippen LogP contribution in [0.15, 0.2) is 0 Å². The molecule has 1 aliphatic heterocycles. The van der Waals surface area contributed by atoms with Crippen molar-refractivity contribution in [1.29, 1.82) is 0 Å². The smallest absolute Gasteiger partial charge is 0.233 e. The fourth-order valence-corrected chi connectivity index (χ4v) is 2.97. The van der Waals surface area contributed by atoms with Crippen LogP contribution in [0.1, 0.15) is 39.5 Å². The van der Waals surface area contributed by atoms with E-state index in [4.69, 9.17) is 0 Å². The molecule has 1 N–H and O–H groups in total. The van der Waals surface area contributed by atoms with Gasteiger partial charge in [-0.05, 0) is 32.7 Å². The Balaban J connectivity index is 1.93. The van der Waals surface area contributed by atoms with Crippen LogP contribution in [0, 0.1) is 11.8 Å². The van der Waals surface area contributed by atoms with Crippen molar-refractivity contribution >= 4 is 11.8 Å². The number of nitrogens with one attached hydrogen (secondary N) is 1. The van der Waals surface area contributed by atoms with Crippen LogP contribution in [0.4, 0.5) is 0 Å². The van der Waals surface area contributed by atoms with E-state index in [1.807, 2.05) is 6.92 Å². The van der Waals surface area contributed by atoms with Gasteiger partial charge in [0.25, 0.3) is 0 Å². The highest BCUT2D eigenvalue weighted by Crippen LogP contribution is 2.39. The van der Waals surface area contributed by atoms with Gasteiger partial charge >= 0.3 is 0 Å². The molecule has 3 atom stereocenters. The molecule has 0 spiro atoms. The van der Waals surface area contributed by atoms with Crippen LogP contribution in [0.5, 0.6) is 0 Å². The third-order valence-corrected chi connectivity index (χ3v) is 3.88. The van der Waals surface area contributed by atoms with Crippen LogP contribution < -0.4 is 5.32 Å². The first kappa shape index (κ1) is 12.6. The number of rotatable bonds is 5. The summed E-state index contributed by atoms with van der Waals surface area (Å²) in [5.41, 5.74) is 0. The number of likely N-dealkylation sites (tertiary alicyclic amines) is 1. The molecule has 2 amide bonds. The van der Waals surface area contributed by atoms with Crippen molar-refractivity contribution in [2.75, 3.05) is 13.1 Å². The molecule has 4 nitrogen and oxygen atoms in total. The normalized spacial score (nSPS) is 29.9. The molecule has 3 unspecified atom stereocenters. The quantitative estimate of drug-likeness (QED) is 0.731. The summed E-state index contributed by atoms with van der Waals surface area (Å²) in [7, 11) is 0. The van der Waals surface area contributed by atoms with Gasteiger partial charge in [-0.3, -0.25) is 14.5 Å². The first-order valence-corrected chi connectivity index (χ1v) is 6.73. The number of amides is 2. The Bertz CT molecular complexity index is 295. The molecular weight excluding hydrogens is 216 g/mol. The monoisotopic (exact) mass is 238 g/mol. The Hall–Kier alpha value is -0.900. The standard InChI is InChI=1S/C13H22N2O2/c1-3-7-14-9(2)8-15-12(16)10-5-4-6-11(10)13(15)17/h9-11,14H,3-8H2,1-2H3. The summed E-state index contributed by atoms with van der Waals surface area (Å²) < 4.78 is 0. The van der Waals surface area contributed by atoms with E-state index in [0.717, 1.165) is 32.2 Å². The number of hydrogen-bond donors (Lipinski definition) is 1. The van der Waals surface area contributed by atoms with Crippen molar-refractivity contribution in [2.24, 2.45) is 11.8 Å². The fraction of sp³-hybridized carbons (Fsp3) is 0.846. The second-order valence-corrected chi connectivity index (χ2v) is 5.29. The molecular formula is C13H22N2O2. The highest BCUT2D eigenvalue weighted by Gasteiger charge is 2.49. The lowest BCUT2D eigenvalue weighted by molar-refractivity contribution is -0.140. The molecule has 1 heterocycles. The fourth-order valence-electron chi connectivity index (χ4n) is 2.97. The van der Waals surface area contributed by atoms with Gasteiger partial charge in [0, 0.05) is 12.6 Å². The first-order chi connectivity index (χ1) is 8.15. The average molecular weight is 238 g/mol. The zero-order chi connectivity index (χ0) is 12.4. The Morgan fingerprint density at radius 3 is 2.41 bits per heavy atom. The van der Waals surface area contributed by atoms with Crippen molar-refractivity contribution in [3.63, 3.8) is 0 Å². The minimum absolute atomic E-state index is 0.000810. The lowest BCUT2D eigenvalue weighted by Crippen LogP contribution is -2.43. The zero-order valence-corrected chi connectivity index (χ0v) is 10.7. The molecule has 1 saturated heterocycles. The third kappa shape index (κ3) is 2.37. The summed E-state index contributed by atoms with van der Waals surface area (Å²) in [6, 6.07) is 0.196. The van der Waals surface area contributed by atoms with Gasteiger partial charge in [-0.1, -0.05) is 13.3 Å². The van der Waals surface area contributed by atoms with E-state index in [1.165, 1.54) is 4.90 Å². The maximum Gasteiger partial charge on any atom is 0.233 e. The van der Waals surface area contributed by atoms with E-state index in [1.54, 1.807) is 0 Å². The number of fused-ring (bicyclic) bond motifs is 1. The van der Waals surface area contributed by atoms with E-state index in [9.17, 15) is 9.59 Å². The number of imide groups is 1. The largest absolute Gasteiger partial charge is 0.312 e. The second-order valence-electron chi connectivity index (χ2n) is 5.29. The summed E-state index contributed by atoms with van der Waals surface area (Å²) in [4.78, 5) is 25.7. The lowest BCUT2D eigenvalue weighted by Gasteiger charge is -2.21. The van der Waals surface area contributed by atoms with Crippen molar-refractivity contribution in [1.82, 2.24) is 10.2 Å². The lowest BCUT2D eigenvalue weighted by atomic mass is 10.00. The van der Waals surface area contributed by atoms with Crippen LogP contribution in [0.25, 0.3) is 0 Å². The molecule has 0 aromatic rings. The van der Waals surface area contributed by atoms with Crippen LogP contribution in [0.2, 0.25) is 0 Å². The molecule has 2 aliphatic rings. The first-order valence-electron chi connectivity index (χ1n) is 6.73. The van der Waals surface area contributed by atoms with E-state index >= 15 is 0 Å². The van der Waals surface area contributed by atoms with Crippen LogP contribution >= 0.6 is 0 Å². The summed E-state index contributed by atoms with van der Waals surface area (Å²) in [6.45, 7) is 5.61. The van der Waals surface area contributed by atoms with Crippen LogP contribution in [0.3, 0.4) is 0 Å². The van der Waals surface area contributed by atoms with Gasteiger partial charge in [0.15, 0.2) is 0 Å². The van der Waals surface area contributed by atoms with Crippen molar-refractivity contribution < 1.29 is 9.59 Å². The minimum atomic E-state index is 0.000810. The molecule has 2 fully saturated rings. The number of carbonyl (C=O) groups excluding carboxylic acids is 2. The van der Waals surface area contributed by atoms with Crippen molar-refractivity contribution in [3.8, 4) is 0 Å². The maximum atomic E-state index is 12.1. The predicted molar refractivity (Wildman–Crippen MR) is 65.3 cm³/mol. The number of nitrogens with zero attached hydrogens (tertiary/aromatic N) is 1. The molecule has 1 aliphatic carbocycles. The molecule has 17 heavy (non-hydrogen) atoms. The Labute approximate surface area is 103 Å². The van der Waals surface area contributed by atoms with Gasteiger partial charge in [-0.15, -0.1) is 0 Å². The highest BCUT2D eigenvalue weighted by molar-refractivity contribution is 6.05. The minimum Gasteiger partial charge on any atom is -0.312 e. The Kier molecular flexibility index (Phi) is 3.82. The molecule has 1 saturated carbocycles. The van der Waals surface area contributed by atoms with E-state index in [2.05, 4.69) is 12.2 Å². The van der Waals surface area contributed by atoms with Gasteiger partial charge < -0.3 is 5.32 Å². The summed E-state index contributed by atoms with van der Waals surface area (Å²) in [5, 5.41) is 3.32. The molecule has 0 radical (unpaired) electrons. The number of hydrogen-bond acceptors (Lipinski definition) is 3. The second kappa shape index (κ2) is 5.17. The maximum absolute atomic E-state index is 12.1. The summed E-state index contributed by atoms with van der Waals surface area (Å²) >= 11 is 0. The zero-order valence-electron chi connectivity index (χ0n) is 10.7. The SMILES string of the molecule is CCCNC(C)CN1C(=O)C2CCCC2C1=O. The topological polar surface area (TPSA) is 49.4 Å². The Morgan fingerprint density at radius 1 is 1.29 bits per heavy atom. The van der Waals surface area contributed by atoms with Crippen LogP contribution in [-0.2, 0) is 9.59 Å². The molecule has 0 bridgehead atoms. The van der Waals surface area contributed by atoms with Crippen molar-refractivity contribution in [2.45, 2.75) is 45.6 Å². The molecule has 4 heteroatoms. The van der Waals surface area contributed by atoms with Gasteiger partial charge in [0.05, 0.1) is 11.8 Å². The van der Waals surface area contributed by atoms with Crippen LogP contribution in [-0.4, -0.2) is 35.8 Å². The van der Waals surface area contributed by atoms with Gasteiger partial charge in [-0.25, -0.2) is 0 Å². The van der Waals surface area contributed by atoms with Gasteiger partial charge in [0.2, 0.25) is 11.8 Å². The molecule has 96 valence electrons. The van der Waals surface area contributed by atoms with E-state index < -0.39 is 0 Å². The van der Waals surface area contributed by atoms with Gasteiger partial charge in [0.1, 0.15) is 0 Å². The van der Waals surface area contributed by atoms with Crippen molar-refractivity contribution in [3.05, 3.63) is 0 Å². The average Bonchev–Trinajstić information content (AvgIpc) is 2.87. The summed E-state index contributed by atoms with van der Waals surface area (Å²) in [5.74, 6) is 0.145. The van der Waals surface area contributed by atoms with E-state index in [0.29, 0.717) is 6.54 Å². The molecule has 2 rings (SSSR count). The Morgan fingerprint density at radius 2 is 1.88 bits per heavy atom. The summed E-state index contributed by atoms with van der Waals surface area (Å²) in [6.07, 6.45) is 3.91. The number of carbonyl (C=O) groups is 2. The van der Waals surface area contributed by atoms with E-state index in [-0.39, 0.29) is 29.7 Å². The third-order valence-electron chi connectivity index (χ3n) is 3.88. The highest BCUT2D eigenvalue weighted by atomic mass is 16.2. The predicted octanol–water partition coefficient (Wildman–Crippen LogP) is 1.16. The molecule has 0 aromatic carbocycles. The molecule has 0 aromatic heterocycles. The van der Waals surface area contributed by atoms with Gasteiger partial charge in [-0.2, -0.15) is 0 Å².